The van der Waals surface area contributed by atoms with E-state index in [1.165, 1.54) is 0 Å². The van der Waals surface area contributed by atoms with Gasteiger partial charge in [-0.25, -0.2) is 5.84 Å². The van der Waals surface area contributed by atoms with Gasteiger partial charge in [0.1, 0.15) is 0 Å². The Hall–Kier alpha value is -1.21. The fourth-order valence-corrected chi connectivity index (χ4v) is 0.584. The van der Waals surface area contributed by atoms with Gasteiger partial charge >= 0.3 is 0 Å². The fraction of sp³-hybridized carbons (Fsp3) is 0.571. The summed E-state index contributed by atoms with van der Waals surface area (Å²) >= 11 is 0. The number of nitrogens with zero attached hydrogens (tertiary/aromatic N) is 1. The van der Waals surface area contributed by atoms with Crippen LogP contribution in [0.1, 0.15) is 19.3 Å². The first-order valence-corrected chi connectivity index (χ1v) is 3.51. The van der Waals surface area contributed by atoms with Crippen LogP contribution in [0, 0.1) is 12.3 Å². The highest BCUT2D eigenvalue weighted by Crippen LogP contribution is 1.92. The number of aliphatic imine (C=N–C) groups is 1. The lowest BCUT2D eigenvalue weighted by Gasteiger charge is -1.96. The smallest absolute Gasteiger partial charge is 0.203 e. The summed E-state index contributed by atoms with van der Waals surface area (Å²) in [5, 5.41) is 0. The van der Waals surface area contributed by atoms with Crippen LogP contribution in [0.5, 0.6) is 0 Å². The maximum absolute atomic E-state index is 5.26. The summed E-state index contributed by atoms with van der Waals surface area (Å²) in [4.78, 5) is 3.90. The van der Waals surface area contributed by atoms with E-state index in [1.54, 1.807) is 0 Å². The molecule has 0 aromatic heterocycles. The first-order valence-electron chi connectivity index (χ1n) is 3.51. The number of rotatable bonds is 4. The van der Waals surface area contributed by atoms with E-state index in [9.17, 15) is 0 Å². The van der Waals surface area contributed by atoms with Crippen molar-refractivity contribution in [2.75, 3.05) is 6.54 Å². The highest BCUT2D eigenvalue weighted by Gasteiger charge is 1.86. The Kier molecular flexibility index (Phi) is 6.14. The molecule has 0 bridgehead atoms. The Morgan fingerprint density at radius 2 is 2.27 bits per heavy atom. The van der Waals surface area contributed by atoms with Gasteiger partial charge in [-0.05, 0) is 12.8 Å². The third kappa shape index (κ3) is 6.68. The SMILES string of the molecule is C#CCCCCN=C(N)NN. The first-order chi connectivity index (χ1) is 5.31. The number of unbranched alkanes of at least 4 members (excludes halogenated alkanes) is 2. The van der Waals surface area contributed by atoms with E-state index in [4.69, 9.17) is 18.0 Å². The number of nitrogens with one attached hydrogen (secondary N) is 1. The predicted molar refractivity (Wildman–Crippen MR) is 46.5 cm³/mol. The Bertz CT molecular complexity index is 156. The average molecular weight is 154 g/mol. The molecule has 0 aromatic carbocycles. The van der Waals surface area contributed by atoms with Crippen molar-refractivity contribution in [2.45, 2.75) is 19.3 Å². The molecule has 11 heavy (non-hydrogen) atoms. The molecule has 4 heteroatoms. The molecule has 62 valence electrons. The summed E-state index contributed by atoms with van der Waals surface area (Å²) in [6.45, 7) is 0.678. The van der Waals surface area contributed by atoms with Gasteiger partial charge in [-0.2, -0.15) is 0 Å². The molecule has 0 radical (unpaired) electrons. The van der Waals surface area contributed by atoms with Gasteiger partial charge in [0.2, 0.25) is 5.96 Å². The van der Waals surface area contributed by atoms with Crippen molar-refractivity contribution in [3.05, 3.63) is 0 Å². The third-order valence-electron chi connectivity index (χ3n) is 1.16. The lowest BCUT2D eigenvalue weighted by atomic mass is 10.2. The standard InChI is InChI=1S/C7H14N4/c1-2-3-4-5-6-10-7(8)11-9/h1H,3-6,9H2,(H3,8,10,11). The van der Waals surface area contributed by atoms with E-state index in [2.05, 4.69) is 16.3 Å². The van der Waals surface area contributed by atoms with Crippen LogP contribution in [0.4, 0.5) is 0 Å². The Balaban J connectivity index is 3.21. The number of terminal acetylenes is 1. The summed E-state index contributed by atoms with van der Waals surface area (Å²) in [6.07, 6.45) is 7.79. The normalized spacial score (nSPS) is 10.7. The molecule has 0 unspecified atom stereocenters. The number of hydrazine groups is 1. The lowest BCUT2D eigenvalue weighted by molar-refractivity contribution is 0.763. The van der Waals surface area contributed by atoms with Crippen LogP contribution in [0.25, 0.3) is 0 Å². The summed E-state index contributed by atoms with van der Waals surface area (Å²) in [6, 6.07) is 0. The molecule has 0 rings (SSSR count). The third-order valence-corrected chi connectivity index (χ3v) is 1.16. The quantitative estimate of drug-likeness (QED) is 0.128. The molecule has 4 nitrogen and oxygen atoms in total. The largest absolute Gasteiger partial charge is 0.369 e. The Morgan fingerprint density at radius 1 is 1.55 bits per heavy atom. The average Bonchev–Trinajstić information content (AvgIpc) is 2.04. The molecule has 0 fully saturated rings. The van der Waals surface area contributed by atoms with E-state index in [0.29, 0.717) is 6.54 Å². The zero-order valence-corrected chi connectivity index (χ0v) is 6.51. The second-order valence-corrected chi connectivity index (χ2v) is 2.07. The second-order valence-electron chi connectivity index (χ2n) is 2.07. The molecule has 0 aliphatic heterocycles. The number of guanidine groups is 1. The van der Waals surface area contributed by atoms with E-state index in [-0.39, 0.29) is 5.96 Å². The van der Waals surface area contributed by atoms with Crippen molar-refractivity contribution in [3.63, 3.8) is 0 Å². The summed E-state index contributed by atoms with van der Waals surface area (Å²) < 4.78 is 0. The topological polar surface area (TPSA) is 76.4 Å². The van der Waals surface area contributed by atoms with Crippen LogP contribution < -0.4 is 17.0 Å². The van der Waals surface area contributed by atoms with Gasteiger partial charge in [-0.1, -0.05) is 0 Å². The fourth-order valence-electron chi connectivity index (χ4n) is 0.584. The minimum atomic E-state index is 0.269. The lowest BCUT2D eigenvalue weighted by Crippen LogP contribution is -2.37. The highest BCUT2D eigenvalue weighted by molar-refractivity contribution is 5.76. The zero-order valence-electron chi connectivity index (χ0n) is 6.51. The van der Waals surface area contributed by atoms with Gasteiger partial charge in [0.05, 0.1) is 0 Å². The van der Waals surface area contributed by atoms with Crippen molar-refractivity contribution in [1.82, 2.24) is 5.43 Å². The number of nitrogens with two attached hydrogens (primary N) is 2. The monoisotopic (exact) mass is 154 g/mol. The molecule has 0 saturated carbocycles. The van der Waals surface area contributed by atoms with E-state index in [0.717, 1.165) is 19.3 Å². The van der Waals surface area contributed by atoms with Crippen molar-refractivity contribution in [3.8, 4) is 12.3 Å². The van der Waals surface area contributed by atoms with E-state index < -0.39 is 0 Å². The van der Waals surface area contributed by atoms with Crippen LogP contribution in [-0.4, -0.2) is 12.5 Å². The number of hydrogen-bond acceptors (Lipinski definition) is 2. The van der Waals surface area contributed by atoms with Crippen molar-refractivity contribution >= 4 is 5.96 Å². The van der Waals surface area contributed by atoms with Crippen molar-refractivity contribution in [1.29, 1.82) is 0 Å². The van der Waals surface area contributed by atoms with E-state index in [1.807, 2.05) is 0 Å². The predicted octanol–water partition coefficient (Wildman–Crippen LogP) is -0.432. The number of hydrogen-bond donors (Lipinski definition) is 3. The van der Waals surface area contributed by atoms with Gasteiger partial charge in [0.25, 0.3) is 0 Å². The Morgan fingerprint density at radius 3 is 2.82 bits per heavy atom. The van der Waals surface area contributed by atoms with Crippen LogP contribution in [0.15, 0.2) is 4.99 Å². The molecule has 0 heterocycles. The molecular weight excluding hydrogens is 140 g/mol. The molecule has 0 aliphatic rings. The van der Waals surface area contributed by atoms with Gasteiger partial charge in [0.15, 0.2) is 0 Å². The molecular formula is C7H14N4. The van der Waals surface area contributed by atoms with E-state index >= 15 is 0 Å². The van der Waals surface area contributed by atoms with Crippen molar-refractivity contribution in [2.24, 2.45) is 16.6 Å². The molecule has 0 amide bonds. The zero-order chi connectivity index (χ0) is 8.53. The first kappa shape index (κ1) is 9.79. The van der Waals surface area contributed by atoms with Crippen molar-refractivity contribution < 1.29 is 0 Å². The van der Waals surface area contributed by atoms with Gasteiger partial charge in [-0.15, -0.1) is 12.3 Å². The molecule has 0 saturated heterocycles. The van der Waals surface area contributed by atoms with Crippen LogP contribution in [0.2, 0.25) is 0 Å². The molecule has 5 N–H and O–H groups in total. The summed E-state index contributed by atoms with van der Waals surface area (Å²) in [5.74, 6) is 7.79. The van der Waals surface area contributed by atoms with Gasteiger partial charge in [-0.3, -0.25) is 10.4 Å². The minimum absolute atomic E-state index is 0.269. The van der Waals surface area contributed by atoms with Gasteiger partial charge in [0, 0.05) is 13.0 Å². The molecule has 0 spiro atoms. The minimum Gasteiger partial charge on any atom is -0.369 e. The molecule has 0 aromatic rings. The second kappa shape index (κ2) is 6.90. The van der Waals surface area contributed by atoms with Crippen LogP contribution in [0.3, 0.4) is 0 Å². The summed E-state index contributed by atoms with van der Waals surface area (Å²) in [5.41, 5.74) is 7.50. The highest BCUT2D eigenvalue weighted by atomic mass is 15.3. The van der Waals surface area contributed by atoms with Gasteiger partial charge < -0.3 is 5.73 Å². The molecule has 0 aliphatic carbocycles. The maximum Gasteiger partial charge on any atom is 0.203 e. The molecule has 0 atom stereocenters. The van der Waals surface area contributed by atoms with Crippen LogP contribution >= 0.6 is 0 Å². The summed E-state index contributed by atoms with van der Waals surface area (Å²) in [7, 11) is 0. The van der Waals surface area contributed by atoms with Crippen LogP contribution in [-0.2, 0) is 0 Å². The maximum atomic E-state index is 5.26. The Labute approximate surface area is 67.0 Å².